The van der Waals surface area contributed by atoms with Crippen molar-refractivity contribution >= 4 is 94.1 Å². The predicted molar refractivity (Wildman–Crippen MR) is 491 cm³/mol. The average Bonchev–Trinajstić information content (AvgIpc) is 1.60. The van der Waals surface area contributed by atoms with Gasteiger partial charge in [0.2, 0.25) is 11.2 Å². The number of nitrogens with zero attached hydrogens (tertiary/aromatic N) is 10. The van der Waals surface area contributed by atoms with Gasteiger partial charge in [0.1, 0.15) is 90.4 Å². The van der Waals surface area contributed by atoms with Crippen molar-refractivity contribution in [3.63, 3.8) is 0 Å². The lowest BCUT2D eigenvalue weighted by molar-refractivity contribution is -0.144. The number of carbonyl (C=O) groups is 3. The molecule has 37 heteroatoms. The Morgan fingerprint density at radius 2 is 0.943 bits per heavy atom. The number of fused-ring (bicyclic) bond motifs is 3. The molecule has 123 heavy (non-hydrogen) atoms. The molecular formula is C86H130N14O19P4. The number of aliphatic hydroxyl groups excluding tert-OH is 9. The molecule has 2 aromatic carbocycles. The number of nitrogens with two attached hydrogens (primary N) is 4. The molecule has 18 atom stereocenters. The Balaban J connectivity index is 0.000000212. The number of carboxylic acid groups (broad SMARTS) is 1. The van der Waals surface area contributed by atoms with Crippen LogP contribution in [0.25, 0.3) is 11.1 Å². The molecule has 4 aromatic rings. The normalized spacial score (nSPS) is 26.5. The van der Waals surface area contributed by atoms with Crippen LogP contribution in [0.3, 0.4) is 0 Å². The highest BCUT2D eigenvalue weighted by molar-refractivity contribution is 7.73. The van der Waals surface area contributed by atoms with Crippen molar-refractivity contribution in [2.24, 2.45) is 43.3 Å². The molecule has 7 aliphatic rings. The smallest absolute Gasteiger partial charge is 0.481 e. The van der Waals surface area contributed by atoms with Gasteiger partial charge in [0.05, 0.1) is 41.8 Å². The summed E-state index contributed by atoms with van der Waals surface area (Å²) in [5.74, 6) is 4.64. The van der Waals surface area contributed by atoms with Crippen LogP contribution in [0, 0.1) is 23.7 Å². The third-order valence-electron chi connectivity index (χ3n) is 21.6. The minimum atomic E-state index is -1.34. The molecule has 0 bridgehead atoms. The first-order valence-corrected chi connectivity index (χ1v) is 53.3. The molecule has 4 saturated heterocycles. The van der Waals surface area contributed by atoms with Gasteiger partial charge >= 0.3 is 18.1 Å². The molecular weight excluding hydrogens is 1660 g/mol. The first-order valence-electron chi connectivity index (χ1n) is 41.0. The van der Waals surface area contributed by atoms with E-state index in [-0.39, 0.29) is 61.1 Å². The Labute approximate surface area is 721 Å². The number of esters is 1. The van der Waals surface area contributed by atoms with E-state index in [1.807, 2.05) is 48.5 Å². The first-order chi connectivity index (χ1) is 57.7. The summed E-state index contributed by atoms with van der Waals surface area (Å²) in [6.07, 6.45) is 17.0. The zero-order valence-electron chi connectivity index (χ0n) is 72.5. The van der Waals surface area contributed by atoms with E-state index in [4.69, 9.17) is 61.6 Å². The van der Waals surface area contributed by atoms with Crippen LogP contribution < -0.4 is 34.2 Å². The zero-order valence-corrected chi connectivity index (χ0v) is 76.1. The second-order valence-electron chi connectivity index (χ2n) is 34.7. The maximum absolute atomic E-state index is 12.7. The van der Waals surface area contributed by atoms with E-state index in [0.29, 0.717) is 85.7 Å². The van der Waals surface area contributed by atoms with Crippen LogP contribution in [0.5, 0.6) is 0 Å². The topological polar surface area (TPSA) is 505 Å². The minimum Gasteiger partial charge on any atom is -0.481 e. The van der Waals surface area contributed by atoms with Crippen LogP contribution in [-0.2, 0) is 38.0 Å². The number of hydrogen-bond donors (Lipinski definition) is 14. The number of aliphatic hydroxyl groups is 9. The second kappa shape index (κ2) is 44.4. The van der Waals surface area contributed by atoms with Crippen molar-refractivity contribution in [2.45, 2.75) is 183 Å². The van der Waals surface area contributed by atoms with Crippen molar-refractivity contribution < 1.29 is 93.9 Å². The lowest BCUT2D eigenvalue weighted by Crippen LogP contribution is -2.42. The first kappa shape index (κ1) is 100. The Bertz CT molecular complexity index is 4900. The number of aromatic nitrogens is 4. The number of amidine groups is 2. The summed E-state index contributed by atoms with van der Waals surface area (Å²) in [6.45, 7) is 25.1. The fraction of sp³-hybridized carbons (Fsp3) is 0.547. The standard InChI is InChI=1S/C33H41N4O7P.C20H35N4O5P.C17H26N3O3P.C16H28N3O4P/c1-20(31(40)44-33(41)42-19-25-23-11-7-5-9-21(23)22-10-6-8-12-24(22)25)13-16-35-32-36-27(34)14-17-37(32)30-29(39)28(38)26(43-30)15-18-45(2,3)4;1-13(19(27)28)7-5-6-10-22-20-23-15(21)8-11-24(20)18-17(26)16(25)14(29-18)9-12-30(2,3)4;1-6-7-12-10-20(11(2)19-16(12)18)17-15(22)14(21)13(23-17)8-9-24(3,4)5;1-10-18-15(17)11(5-7-20)9-19(10)16-14(22)13(21)12(23-16)6-8-24(2,3)4/h5-12,14,17,20,25-26,28-30,38-39H,2,13,15-16,18-19H2,1,3-4H3,(H2,34,35,36);8,11,13-14,16-18,25-26H,2,5-7,9-10,12H2,1,3-4H3,(H,27,28)(H2,21,22,23);10,13-15,17,21-22H,2-3,8-9H2,1,4-5H3,(H2,18,19);9,12-14,16,20-22H,1-2,5-8H2,3-4H3,(H2,17,18)/t20?,26-,28-,29-,30?;13?,14-,16-,17-,18?;13-,14-,15-,17?;12-,13-,14-,16?/m1111/s1. The van der Waals surface area contributed by atoms with E-state index >= 15 is 0 Å². The second-order valence-corrected chi connectivity index (χ2v) is 52.0. The molecule has 2 aromatic heterocycles. The van der Waals surface area contributed by atoms with Crippen LogP contribution >= 0.6 is 27.5 Å². The molecule has 1 aliphatic carbocycles. The predicted octanol–water partition coefficient (Wildman–Crippen LogP) is 5.10. The van der Waals surface area contributed by atoms with Crippen molar-refractivity contribution in [3.8, 4) is 23.0 Å². The molecule has 4 fully saturated rings. The number of carboxylic acids is 1. The van der Waals surface area contributed by atoms with Crippen LogP contribution in [0.15, 0.2) is 141 Å². The number of aliphatic imine (C=N–C) groups is 2. The Morgan fingerprint density at radius 3 is 1.36 bits per heavy atom. The molecule has 18 N–H and O–H groups in total. The molecule has 0 saturated carbocycles. The Hall–Kier alpha value is -8.05. The minimum absolute atomic E-state index is 0.0459. The highest BCUT2D eigenvalue weighted by Gasteiger charge is 2.49. The molecule has 33 nitrogen and oxygen atoms in total. The van der Waals surface area contributed by atoms with Gasteiger partial charge in [-0.05, 0) is 164 Å². The van der Waals surface area contributed by atoms with Crippen molar-refractivity contribution in [3.05, 3.63) is 144 Å². The molecule has 0 amide bonds. The van der Waals surface area contributed by atoms with Gasteiger partial charge in [-0.25, -0.2) is 14.8 Å². The maximum Gasteiger partial charge on any atom is 0.516 e. The summed E-state index contributed by atoms with van der Waals surface area (Å²) in [5, 5.41) is 102. The molecule has 6 unspecified atom stereocenters. The summed E-state index contributed by atoms with van der Waals surface area (Å²) in [7, 11) is 0. The third kappa shape index (κ3) is 28.2. The van der Waals surface area contributed by atoms with Gasteiger partial charge in [-0.3, -0.25) is 28.7 Å². The number of nitrogen functional groups attached to an aromatic ring is 2. The summed E-state index contributed by atoms with van der Waals surface area (Å²) >= 11 is 0. The number of benzene rings is 2. The zero-order chi connectivity index (χ0) is 90.9. The van der Waals surface area contributed by atoms with Crippen molar-refractivity contribution in [2.75, 3.05) is 116 Å². The van der Waals surface area contributed by atoms with Crippen LogP contribution in [0.1, 0.15) is 108 Å². The third-order valence-corrected chi connectivity index (χ3v) is 27.5. The molecule has 8 heterocycles. The lowest BCUT2D eigenvalue weighted by atomic mass is 9.98. The monoisotopic (exact) mass is 1790 g/mol. The Morgan fingerprint density at radius 1 is 0.545 bits per heavy atom. The van der Waals surface area contributed by atoms with Crippen LogP contribution in [0.2, 0.25) is 0 Å². The van der Waals surface area contributed by atoms with E-state index in [1.54, 1.807) is 72.1 Å². The van der Waals surface area contributed by atoms with Crippen molar-refractivity contribution in [1.82, 2.24) is 28.9 Å². The van der Waals surface area contributed by atoms with E-state index in [1.165, 1.54) is 4.57 Å². The average molecular weight is 1790 g/mol. The number of rotatable bonds is 30. The number of aliphatic carboxylic acids is 1. The van der Waals surface area contributed by atoms with Gasteiger partial charge in [0.15, 0.2) is 24.9 Å². The summed E-state index contributed by atoms with van der Waals surface area (Å²) in [4.78, 5) is 65.0. The molecule has 11 rings (SSSR count). The summed E-state index contributed by atoms with van der Waals surface area (Å²) < 4.78 is 37.3. The SMILES string of the molecule is C=C1N=C(N)C(C#CC)=CN1C1O[C@H](CCP(=C)(C)C)[C@@H](O)[C@H]1O.C=C1N=C(N)C(CCO)=CN1C1O[C@H](CCP(=C)(C)C)[C@@H](O)[C@H]1O.C=P(C)(C)CC[C@H]1OC(n2ccc(N)nc2=NCCC(C)C(=O)OC(=O)OCC2c3ccccc3-c3ccccc32)[C@H](O)[C@@H]1O.C=P(C)(C)CC[C@H]1OC(n2ccc(N)nc2=NCCCCC(C)C(=O)O)[C@H](O)[C@@H]1O. The quantitative estimate of drug-likeness (QED) is 0.0106. The van der Waals surface area contributed by atoms with Gasteiger partial charge in [0.25, 0.3) is 0 Å². The number of carbonyl (C=O) groups excluding carboxylic acids is 2. The molecule has 678 valence electrons. The van der Waals surface area contributed by atoms with Gasteiger partial charge in [-0.1, -0.05) is 87.9 Å². The number of hydrogen-bond acceptors (Lipinski definition) is 30. The van der Waals surface area contributed by atoms with Crippen LogP contribution in [0.4, 0.5) is 16.4 Å². The van der Waals surface area contributed by atoms with Crippen LogP contribution in [-0.4, -0.2) is 325 Å². The van der Waals surface area contributed by atoms with Gasteiger partial charge < -0.3 is 112 Å². The van der Waals surface area contributed by atoms with Crippen molar-refractivity contribution in [1.29, 1.82) is 0 Å². The fourth-order valence-electron chi connectivity index (χ4n) is 14.4. The number of anilines is 2. The summed E-state index contributed by atoms with van der Waals surface area (Å²) in [6, 6.07) is 19.1. The molecule has 6 aliphatic heterocycles. The maximum atomic E-state index is 12.7. The largest absolute Gasteiger partial charge is 0.516 e. The lowest BCUT2D eigenvalue weighted by Gasteiger charge is -2.32. The Kier molecular flexibility index (Phi) is 36.2. The highest BCUT2D eigenvalue weighted by atomic mass is 31.2. The van der Waals surface area contributed by atoms with Gasteiger partial charge in [-0.2, -0.15) is 9.97 Å². The number of ether oxygens (including phenoxy) is 6. The fourth-order valence-corrected chi connectivity index (χ4v) is 18.3. The summed E-state index contributed by atoms with van der Waals surface area (Å²) in [5.41, 5.74) is 29.4. The van der Waals surface area contributed by atoms with E-state index in [2.05, 4.69) is 133 Å². The highest BCUT2D eigenvalue weighted by Crippen LogP contribution is 2.47. The van der Waals surface area contributed by atoms with Gasteiger partial charge in [-0.15, -0.1) is 58.7 Å². The van der Waals surface area contributed by atoms with E-state index < -0.39 is 150 Å². The molecule has 0 spiro atoms. The number of unbranched alkanes of at least 4 members (excludes halogenated alkanes) is 1. The van der Waals surface area contributed by atoms with E-state index in [0.717, 1.165) is 53.3 Å². The van der Waals surface area contributed by atoms with E-state index in [9.17, 15) is 55.2 Å². The molecule has 0 radical (unpaired) electrons. The van der Waals surface area contributed by atoms with Gasteiger partial charge in [0, 0.05) is 62.4 Å².